The van der Waals surface area contributed by atoms with Crippen LogP contribution in [0.15, 0.2) is 12.1 Å². The average molecular weight is 242 g/mol. The molecular formula is C12H16ClNO2. The monoisotopic (exact) mass is 241 g/mol. The van der Waals surface area contributed by atoms with Gasteiger partial charge in [-0.25, -0.2) is 0 Å². The molecule has 1 aliphatic rings. The molecular weight excluding hydrogens is 226 g/mol. The SMILES string of the molecule is COc1cc2c(cc1Cl)N(C)CC(C)(C)O2. The van der Waals surface area contributed by atoms with E-state index >= 15 is 0 Å². The van der Waals surface area contributed by atoms with Gasteiger partial charge in [0.2, 0.25) is 0 Å². The van der Waals surface area contributed by atoms with Gasteiger partial charge in [-0.3, -0.25) is 0 Å². The molecule has 0 amide bonds. The van der Waals surface area contributed by atoms with Crippen molar-refractivity contribution in [2.45, 2.75) is 19.4 Å². The van der Waals surface area contributed by atoms with Crippen LogP contribution >= 0.6 is 11.6 Å². The summed E-state index contributed by atoms with van der Waals surface area (Å²) in [6.07, 6.45) is 0. The van der Waals surface area contributed by atoms with Crippen LogP contribution in [0, 0.1) is 0 Å². The summed E-state index contributed by atoms with van der Waals surface area (Å²) < 4.78 is 11.1. The van der Waals surface area contributed by atoms with E-state index in [2.05, 4.69) is 18.7 Å². The number of hydrogen-bond donors (Lipinski definition) is 0. The molecule has 3 nitrogen and oxygen atoms in total. The van der Waals surface area contributed by atoms with Gasteiger partial charge in [0.15, 0.2) is 0 Å². The number of benzene rings is 1. The van der Waals surface area contributed by atoms with Crippen molar-refractivity contribution in [3.05, 3.63) is 17.2 Å². The second-order valence-corrected chi connectivity index (χ2v) is 5.08. The summed E-state index contributed by atoms with van der Waals surface area (Å²) in [7, 11) is 3.64. The molecule has 1 aromatic carbocycles. The average Bonchev–Trinajstić information content (AvgIpc) is 2.17. The molecule has 0 fully saturated rings. The van der Waals surface area contributed by atoms with Gasteiger partial charge in [0.25, 0.3) is 0 Å². The van der Waals surface area contributed by atoms with Crippen molar-refractivity contribution in [3.8, 4) is 11.5 Å². The first kappa shape index (κ1) is 11.4. The summed E-state index contributed by atoms with van der Waals surface area (Å²) in [5.41, 5.74) is 0.811. The summed E-state index contributed by atoms with van der Waals surface area (Å²) in [4.78, 5) is 2.14. The molecule has 0 spiro atoms. The number of ether oxygens (including phenoxy) is 2. The fourth-order valence-corrected chi connectivity index (χ4v) is 2.28. The molecule has 0 radical (unpaired) electrons. The molecule has 0 atom stereocenters. The highest BCUT2D eigenvalue weighted by Crippen LogP contribution is 2.42. The number of nitrogens with zero attached hydrogens (tertiary/aromatic N) is 1. The van der Waals surface area contributed by atoms with E-state index in [1.807, 2.05) is 19.2 Å². The van der Waals surface area contributed by atoms with Gasteiger partial charge in [0.05, 0.1) is 24.4 Å². The maximum atomic E-state index is 6.09. The molecule has 0 aromatic heterocycles. The van der Waals surface area contributed by atoms with Crippen molar-refractivity contribution in [3.63, 3.8) is 0 Å². The molecule has 1 aromatic rings. The van der Waals surface area contributed by atoms with E-state index < -0.39 is 0 Å². The minimum Gasteiger partial charge on any atom is -0.495 e. The third-order valence-electron chi connectivity index (χ3n) is 2.65. The second kappa shape index (κ2) is 3.74. The van der Waals surface area contributed by atoms with Crippen LogP contribution in [0.4, 0.5) is 5.69 Å². The first-order chi connectivity index (χ1) is 7.43. The maximum Gasteiger partial charge on any atom is 0.147 e. The lowest BCUT2D eigenvalue weighted by Crippen LogP contribution is -2.45. The lowest BCUT2D eigenvalue weighted by Gasteiger charge is -2.39. The Hall–Kier alpha value is -1.09. The maximum absolute atomic E-state index is 6.09. The Balaban J connectivity index is 2.49. The summed E-state index contributed by atoms with van der Waals surface area (Å²) in [6.45, 7) is 4.96. The van der Waals surface area contributed by atoms with E-state index in [1.54, 1.807) is 7.11 Å². The lowest BCUT2D eigenvalue weighted by atomic mass is 10.1. The first-order valence-electron chi connectivity index (χ1n) is 5.20. The van der Waals surface area contributed by atoms with Crippen LogP contribution in [-0.2, 0) is 0 Å². The topological polar surface area (TPSA) is 21.7 Å². The predicted molar refractivity (Wildman–Crippen MR) is 66.0 cm³/mol. The van der Waals surface area contributed by atoms with Crippen molar-refractivity contribution in [2.75, 3.05) is 25.6 Å². The highest BCUT2D eigenvalue weighted by molar-refractivity contribution is 6.32. The van der Waals surface area contributed by atoms with E-state index in [4.69, 9.17) is 21.1 Å². The molecule has 0 bridgehead atoms. The smallest absolute Gasteiger partial charge is 0.147 e. The van der Waals surface area contributed by atoms with Gasteiger partial charge >= 0.3 is 0 Å². The molecule has 0 aliphatic carbocycles. The minimum absolute atomic E-state index is 0.194. The summed E-state index contributed by atoms with van der Waals surface area (Å²) in [5, 5.41) is 0.608. The highest BCUT2D eigenvalue weighted by atomic mass is 35.5. The summed E-state index contributed by atoms with van der Waals surface area (Å²) >= 11 is 6.09. The van der Waals surface area contributed by atoms with Gasteiger partial charge in [-0.05, 0) is 19.9 Å². The van der Waals surface area contributed by atoms with Crippen LogP contribution < -0.4 is 14.4 Å². The van der Waals surface area contributed by atoms with Crippen LogP contribution in [0.25, 0.3) is 0 Å². The third kappa shape index (κ3) is 1.92. The largest absolute Gasteiger partial charge is 0.495 e. The molecule has 4 heteroatoms. The van der Waals surface area contributed by atoms with Gasteiger partial charge < -0.3 is 14.4 Å². The van der Waals surface area contributed by atoms with E-state index in [1.165, 1.54) is 0 Å². The van der Waals surface area contributed by atoms with Crippen LogP contribution in [0.5, 0.6) is 11.5 Å². The number of anilines is 1. The van der Waals surface area contributed by atoms with E-state index in [0.717, 1.165) is 18.0 Å². The van der Waals surface area contributed by atoms with E-state index in [9.17, 15) is 0 Å². The summed E-state index contributed by atoms with van der Waals surface area (Å²) in [5.74, 6) is 1.46. The second-order valence-electron chi connectivity index (χ2n) is 4.67. The Morgan fingerprint density at radius 2 is 2.12 bits per heavy atom. The van der Waals surface area contributed by atoms with Gasteiger partial charge in [-0.2, -0.15) is 0 Å². The Morgan fingerprint density at radius 1 is 1.44 bits per heavy atom. The molecule has 0 N–H and O–H groups in total. The molecule has 2 rings (SSSR count). The molecule has 0 unspecified atom stereocenters. The zero-order valence-corrected chi connectivity index (χ0v) is 10.8. The van der Waals surface area contributed by atoms with Crippen molar-refractivity contribution in [2.24, 2.45) is 0 Å². The van der Waals surface area contributed by atoms with Crippen molar-refractivity contribution >= 4 is 17.3 Å². The van der Waals surface area contributed by atoms with Crippen LogP contribution in [-0.4, -0.2) is 26.3 Å². The first-order valence-corrected chi connectivity index (χ1v) is 5.58. The highest BCUT2D eigenvalue weighted by Gasteiger charge is 2.30. The van der Waals surface area contributed by atoms with Gasteiger partial charge in [-0.15, -0.1) is 0 Å². The number of fused-ring (bicyclic) bond motifs is 1. The minimum atomic E-state index is -0.194. The van der Waals surface area contributed by atoms with E-state index in [-0.39, 0.29) is 5.60 Å². The number of rotatable bonds is 1. The van der Waals surface area contributed by atoms with Crippen molar-refractivity contribution in [1.29, 1.82) is 0 Å². The normalized spacial score (nSPS) is 17.7. The molecule has 1 heterocycles. The number of methoxy groups -OCH3 is 1. The fraction of sp³-hybridized carbons (Fsp3) is 0.500. The molecule has 16 heavy (non-hydrogen) atoms. The summed E-state index contributed by atoms with van der Waals surface area (Å²) in [6, 6.07) is 3.72. The molecule has 0 saturated heterocycles. The number of hydrogen-bond acceptors (Lipinski definition) is 3. The van der Waals surface area contributed by atoms with Gasteiger partial charge in [-0.1, -0.05) is 11.6 Å². The molecule has 0 saturated carbocycles. The lowest BCUT2D eigenvalue weighted by molar-refractivity contribution is 0.107. The van der Waals surface area contributed by atoms with Crippen molar-refractivity contribution < 1.29 is 9.47 Å². The standard InChI is InChI=1S/C12H16ClNO2/c1-12(2)7-14(3)9-5-8(13)10(15-4)6-11(9)16-12/h5-6H,7H2,1-4H3. The Kier molecular flexibility index (Phi) is 2.66. The predicted octanol–water partition coefficient (Wildman–Crippen LogP) is 2.96. The fourth-order valence-electron chi connectivity index (χ4n) is 2.05. The molecule has 88 valence electrons. The third-order valence-corrected chi connectivity index (χ3v) is 2.94. The number of halogens is 1. The van der Waals surface area contributed by atoms with Crippen molar-refractivity contribution in [1.82, 2.24) is 0 Å². The Bertz CT molecular complexity index is 418. The van der Waals surface area contributed by atoms with E-state index in [0.29, 0.717) is 10.8 Å². The van der Waals surface area contributed by atoms with Crippen LogP contribution in [0.1, 0.15) is 13.8 Å². The zero-order valence-electron chi connectivity index (χ0n) is 10.0. The van der Waals surface area contributed by atoms with Gasteiger partial charge in [0, 0.05) is 13.1 Å². The Morgan fingerprint density at radius 3 is 2.75 bits per heavy atom. The Labute approximate surface area is 101 Å². The molecule has 1 aliphatic heterocycles. The van der Waals surface area contributed by atoms with Crippen LogP contribution in [0.3, 0.4) is 0 Å². The zero-order chi connectivity index (χ0) is 11.9. The van der Waals surface area contributed by atoms with Crippen LogP contribution in [0.2, 0.25) is 5.02 Å². The van der Waals surface area contributed by atoms with Gasteiger partial charge in [0.1, 0.15) is 17.1 Å². The quantitative estimate of drug-likeness (QED) is 0.755. The number of likely N-dealkylation sites (N-methyl/N-ethyl adjacent to an activating group) is 1.